The number of esters is 1. The molecule has 0 atom stereocenters. The van der Waals surface area contributed by atoms with Crippen LogP contribution in [0, 0.1) is 6.92 Å². The Kier molecular flexibility index (Phi) is 4.11. The van der Waals surface area contributed by atoms with Crippen LogP contribution in [0.25, 0.3) is 0 Å². The number of nitrogens with one attached hydrogen (secondary N) is 1. The third-order valence-electron chi connectivity index (χ3n) is 2.48. The molecule has 98 valence electrons. The molecule has 1 heterocycles. The predicted molar refractivity (Wildman–Crippen MR) is 75.5 cm³/mol. The molecule has 0 aliphatic carbocycles. The Bertz CT molecular complexity index is 599. The molecule has 0 fully saturated rings. The van der Waals surface area contributed by atoms with E-state index in [9.17, 15) is 4.79 Å². The van der Waals surface area contributed by atoms with E-state index in [4.69, 9.17) is 0 Å². The summed E-state index contributed by atoms with van der Waals surface area (Å²) in [5, 5.41) is 3.11. The van der Waals surface area contributed by atoms with Gasteiger partial charge in [0.2, 0.25) is 0 Å². The van der Waals surface area contributed by atoms with Gasteiger partial charge in [0, 0.05) is 10.2 Å². The van der Waals surface area contributed by atoms with Crippen LogP contribution in [-0.2, 0) is 4.74 Å². The number of hydrogen-bond acceptors (Lipinski definition) is 5. The highest BCUT2D eigenvalue weighted by Crippen LogP contribution is 2.21. The van der Waals surface area contributed by atoms with Gasteiger partial charge >= 0.3 is 5.97 Å². The van der Waals surface area contributed by atoms with Crippen LogP contribution in [0.3, 0.4) is 0 Å². The van der Waals surface area contributed by atoms with E-state index < -0.39 is 5.97 Å². The number of anilines is 2. The van der Waals surface area contributed by atoms with Gasteiger partial charge in [0.1, 0.15) is 5.82 Å². The van der Waals surface area contributed by atoms with Crippen molar-refractivity contribution in [3.63, 3.8) is 0 Å². The molecule has 2 rings (SSSR count). The van der Waals surface area contributed by atoms with Gasteiger partial charge in [-0.25, -0.2) is 14.8 Å². The van der Waals surface area contributed by atoms with Gasteiger partial charge in [0.05, 0.1) is 19.5 Å². The summed E-state index contributed by atoms with van der Waals surface area (Å²) in [6, 6.07) is 5.86. The van der Waals surface area contributed by atoms with Crippen LogP contribution in [0.2, 0.25) is 0 Å². The second-order valence-electron chi connectivity index (χ2n) is 3.87. The molecular formula is C13H12BrN3O2. The lowest BCUT2D eigenvalue weighted by atomic mass is 10.2. The number of hydrogen-bond donors (Lipinski definition) is 1. The lowest BCUT2D eigenvalue weighted by Crippen LogP contribution is -2.05. The monoisotopic (exact) mass is 321 g/mol. The van der Waals surface area contributed by atoms with Gasteiger partial charge in [-0.3, -0.25) is 0 Å². The summed E-state index contributed by atoms with van der Waals surface area (Å²) in [6.07, 6.45) is 2.86. The van der Waals surface area contributed by atoms with Gasteiger partial charge in [0.15, 0.2) is 5.69 Å². The standard InChI is InChI=1S/C13H12BrN3O2/c1-8-5-9(3-4-10(8)14)17-12-7-15-11(6-16-12)13(18)19-2/h3-7H,1-2H3,(H,16,17). The summed E-state index contributed by atoms with van der Waals surface area (Å²) < 4.78 is 5.60. The number of halogens is 1. The minimum absolute atomic E-state index is 0.181. The highest BCUT2D eigenvalue weighted by molar-refractivity contribution is 9.10. The molecular weight excluding hydrogens is 310 g/mol. The molecule has 0 spiro atoms. The molecule has 0 aliphatic heterocycles. The van der Waals surface area contributed by atoms with Crippen molar-refractivity contribution >= 4 is 33.4 Å². The fraction of sp³-hybridized carbons (Fsp3) is 0.154. The fourth-order valence-corrected chi connectivity index (χ4v) is 1.72. The van der Waals surface area contributed by atoms with E-state index in [2.05, 4.69) is 36.0 Å². The Morgan fingerprint density at radius 2 is 2.11 bits per heavy atom. The average molecular weight is 322 g/mol. The van der Waals surface area contributed by atoms with Crippen LogP contribution in [-0.4, -0.2) is 23.0 Å². The molecule has 0 saturated carbocycles. The van der Waals surface area contributed by atoms with Crippen molar-refractivity contribution in [3.05, 3.63) is 46.3 Å². The molecule has 0 bridgehead atoms. The Morgan fingerprint density at radius 1 is 1.32 bits per heavy atom. The van der Waals surface area contributed by atoms with E-state index in [1.165, 1.54) is 19.5 Å². The summed E-state index contributed by atoms with van der Waals surface area (Å²) in [5.74, 6) is 0.0629. The number of ether oxygens (including phenoxy) is 1. The second-order valence-corrected chi connectivity index (χ2v) is 4.72. The first-order valence-corrected chi connectivity index (χ1v) is 6.33. The molecule has 1 N–H and O–H groups in total. The summed E-state index contributed by atoms with van der Waals surface area (Å²) in [7, 11) is 1.31. The van der Waals surface area contributed by atoms with Crippen molar-refractivity contribution in [2.45, 2.75) is 6.92 Å². The van der Waals surface area contributed by atoms with E-state index >= 15 is 0 Å². The quantitative estimate of drug-likeness (QED) is 0.880. The molecule has 5 nitrogen and oxygen atoms in total. The zero-order valence-corrected chi connectivity index (χ0v) is 12.1. The van der Waals surface area contributed by atoms with Crippen molar-refractivity contribution in [2.24, 2.45) is 0 Å². The van der Waals surface area contributed by atoms with Crippen LogP contribution >= 0.6 is 15.9 Å². The highest BCUT2D eigenvalue weighted by atomic mass is 79.9. The maximum absolute atomic E-state index is 11.2. The molecule has 1 aromatic carbocycles. The molecule has 0 amide bonds. The van der Waals surface area contributed by atoms with Crippen LogP contribution in [0.4, 0.5) is 11.5 Å². The van der Waals surface area contributed by atoms with Crippen molar-refractivity contribution < 1.29 is 9.53 Å². The van der Waals surface area contributed by atoms with E-state index in [-0.39, 0.29) is 5.69 Å². The number of carbonyl (C=O) groups is 1. The van der Waals surface area contributed by atoms with Gasteiger partial charge < -0.3 is 10.1 Å². The Labute approximate surface area is 119 Å². The second kappa shape index (κ2) is 5.79. The number of aromatic nitrogens is 2. The van der Waals surface area contributed by atoms with E-state index in [0.29, 0.717) is 5.82 Å². The van der Waals surface area contributed by atoms with Gasteiger partial charge in [0.25, 0.3) is 0 Å². The fourth-order valence-electron chi connectivity index (χ4n) is 1.47. The van der Waals surface area contributed by atoms with Crippen LogP contribution in [0.1, 0.15) is 16.1 Å². The summed E-state index contributed by atoms with van der Waals surface area (Å²) >= 11 is 3.44. The lowest BCUT2D eigenvalue weighted by Gasteiger charge is -2.07. The van der Waals surface area contributed by atoms with Crippen LogP contribution < -0.4 is 5.32 Å². The normalized spacial score (nSPS) is 10.1. The number of carbonyl (C=O) groups excluding carboxylic acids is 1. The molecule has 19 heavy (non-hydrogen) atoms. The first-order valence-electron chi connectivity index (χ1n) is 5.53. The molecule has 6 heteroatoms. The van der Waals surface area contributed by atoms with E-state index in [0.717, 1.165) is 15.7 Å². The predicted octanol–water partition coefficient (Wildman–Crippen LogP) is 3.08. The van der Waals surface area contributed by atoms with Crippen LogP contribution in [0.5, 0.6) is 0 Å². The van der Waals surface area contributed by atoms with Gasteiger partial charge in [-0.2, -0.15) is 0 Å². The van der Waals surface area contributed by atoms with Gasteiger partial charge in [-0.1, -0.05) is 15.9 Å². The highest BCUT2D eigenvalue weighted by Gasteiger charge is 2.07. The van der Waals surface area contributed by atoms with Crippen molar-refractivity contribution in [1.29, 1.82) is 0 Å². The molecule has 0 unspecified atom stereocenters. The third-order valence-corrected chi connectivity index (χ3v) is 3.37. The number of methoxy groups -OCH3 is 1. The SMILES string of the molecule is COC(=O)c1cnc(Nc2ccc(Br)c(C)c2)cn1. The number of rotatable bonds is 3. The molecule has 0 radical (unpaired) electrons. The maximum Gasteiger partial charge on any atom is 0.358 e. The van der Waals surface area contributed by atoms with E-state index in [1.807, 2.05) is 25.1 Å². The average Bonchev–Trinajstić information content (AvgIpc) is 2.43. The van der Waals surface area contributed by atoms with E-state index in [1.54, 1.807) is 0 Å². The smallest absolute Gasteiger partial charge is 0.358 e. The lowest BCUT2D eigenvalue weighted by molar-refractivity contribution is 0.0593. The molecule has 0 aliphatic rings. The van der Waals surface area contributed by atoms with Crippen molar-refractivity contribution in [2.75, 3.05) is 12.4 Å². The molecule has 0 saturated heterocycles. The third kappa shape index (κ3) is 3.29. The molecule has 1 aromatic heterocycles. The zero-order valence-electron chi connectivity index (χ0n) is 10.5. The Morgan fingerprint density at radius 3 is 2.68 bits per heavy atom. The van der Waals surface area contributed by atoms with Crippen molar-refractivity contribution in [3.8, 4) is 0 Å². The first-order chi connectivity index (χ1) is 9.10. The minimum atomic E-state index is -0.501. The van der Waals surface area contributed by atoms with Crippen LogP contribution in [0.15, 0.2) is 35.1 Å². The Balaban J connectivity index is 2.15. The number of benzene rings is 1. The maximum atomic E-state index is 11.2. The minimum Gasteiger partial charge on any atom is -0.464 e. The van der Waals surface area contributed by atoms with Gasteiger partial charge in [-0.05, 0) is 30.7 Å². The number of aryl methyl sites for hydroxylation is 1. The Hall–Kier alpha value is -1.95. The largest absolute Gasteiger partial charge is 0.464 e. The summed E-state index contributed by atoms with van der Waals surface area (Å²) in [6.45, 7) is 2.00. The molecule has 2 aromatic rings. The summed E-state index contributed by atoms with van der Waals surface area (Å²) in [4.78, 5) is 19.3. The first kappa shape index (κ1) is 13.5. The summed E-state index contributed by atoms with van der Waals surface area (Å²) in [5.41, 5.74) is 2.20. The topological polar surface area (TPSA) is 64.1 Å². The van der Waals surface area contributed by atoms with Crippen molar-refractivity contribution in [1.82, 2.24) is 9.97 Å². The van der Waals surface area contributed by atoms with Gasteiger partial charge in [-0.15, -0.1) is 0 Å². The number of nitrogens with zero attached hydrogens (tertiary/aromatic N) is 2. The zero-order chi connectivity index (χ0) is 13.8.